The second-order valence-electron chi connectivity index (χ2n) is 7.89. The van der Waals surface area contributed by atoms with E-state index in [9.17, 15) is 4.79 Å². The van der Waals surface area contributed by atoms with Crippen LogP contribution in [0.15, 0.2) is 53.5 Å². The summed E-state index contributed by atoms with van der Waals surface area (Å²) in [6.07, 6.45) is 0.921. The van der Waals surface area contributed by atoms with Gasteiger partial charge in [0, 0.05) is 51.9 Å². The fraction of sp³-hybridized carbons (Fsp3) is 0.440. The van der Waals surface area contributed by atoms with Crippen LogP contribution in [0, 0.1) is 0 Å². The average Bonchev–Trinajstić information content (AvgIpc) is 2.84. The summed E-state index contributed by atoms with van der Waals surface area (Å²) in [4.78, 5) is 19.0. The molecule has 0 aromatic heterocycles. The molecule has 1 fully saturated rings. The van der Waals surface area contributed by atoms with Gasteiger partial charge in [-0.15, -0.1) is 24.0 Å². The van der Waals surface area contributed by atoms with Crippen LogP contribution in [0.3, 0.4) is 0 Å². The lowest BCUT2D eigenvalue weighted by molar-refractivity contribution is 0.0341. The van der Waals surface area contributed by atoms with Crippen molar-refractivity contribution in [2.24, 2.45) is 4.99 Å². The van der Waals surface area contributed by atoms with Gasteiger partial charge >= 0.3 is 0 Å². The Hall–Kier alpha value is -2.17. The van der Waals surface area contributed by atoms with Gasteiger partial charge in [-0.05, 0) is 35.2 Å². The maximum Gasteiger partial charge on any atom is 0.251 e. The summed E-state index contributed by atoms with van der Waals surface area (Å²) in [5.41, 5.74) is 4.29. The van der Waals surface area contributed by atoms with Crippen LogP contribution in [0.4, 0.5) is 0 Å². The lowest BCUT2D eigenvalue weighted by Gasteiger charge is -2.27. The zero-order valence-corrected chi connectivity index (χ0v) is 21.9. The third kappa shape index (κ3) is 8.94. The van der Waals surface area contributed by atoms with Crippen molar-refractivity contribution in [2.45, 2.75) is 33.0 Å². The van der Waals surface area contributed by atoms with E-state index in [2.05, 4.69) is 50.1 Å². The monoisotopic (exact) mass is 565 g/mol. The SMILES string of the molecule is CCCNC(=O)c1cccc(CNC(=NC)NCc2ccccc2CN2CCOCC2)c1.I. The molecule has 2 aromatic carbocycles. The topological polar surface area (TPSA) is 78.0 Å². The van der Waals surface area contributed by atoms with E-state index in [4.69, 9.17) is 4.74 Å². The first kappa shape index (κ1) is 27.1. The number of carbonyl (C=O) groups is 1. The molecule has 3 N–H and O–H groups in total. The number of amides is 1. The van der Waals surface area contributed by atoms with Crippen LogP contribution in [0.2, 0.25) is 0 Å². The zero-order chi connectivity index (χ0) is 22.6. The molecule has 0 bridgehead atoms. The van der Waals surface area contributed by atoms with Gasteiger partial charge in [-0.1, -0.05) is 43.3 Å². The van der Waals surface area contributed by atoms with Crippen molar-refractivity contribution in [1.29, 1.82) is 0 Å². The smallest absolute Gasteiger partial charge is 0.251 e. The molecule has 1 saturated heterocycles. The number of ether oxygens (including phenoxy) is 1. The number of rotatable bonds is 9. The van der Waals surface area contributed by atoms with Crippen molar-refractivity contribution in [2.75, 3.05) is 39.9 Å². The predicted molar refractivity (Wildman–Crippen MR) is 144 cm³/mol. The number of hydrogen-bond donors (Lipinski definition) is 3. The Labute approximate surface area is 214 Å². The van der Waals surface area contributed by atoms with Gasteiger partial charge in [-0.2, -0.15) is 0 Å². The van der Waals surface area contributed by atoms with Crippen LogP contribution >= 0.6 is 24.0 Å². The number of hydrogen-bond acceptors (Lipinski definition) is 4. The molecule has 0 radical (unpaired) electrons. The highest BCUT2D eigenvalue weighted by molar-refractivity contribution is 14.0. The first-order valence-electron chi connectivity index (χ1n) is 11.4. The van der Waals surface area contributed by atoms with Crippen molar-refractivity contribution < 1.29 is 9.53 Å². The fourth-order valence-electron chi connectivity index (χ4n) is 3.63. The molecule has 7 nitrogen and oxygen atoms in total. The van der Waals surface area contributed by atoms with Crippen molar-refractivity contribution in [1.82, 2.24) is 20.9 Å². The third-order valence-electron chi connectivity index (χ3n) is 5.47. The molecule has 1 amide bonds. The standard InChI is InChI=1S/C25H35N5O2.HI/c1-3-11-27-24(31)21-10-6-7-20(16-21)17-28-25(26-2)29-18-22-8-4-5-9-23(22)19-30-12-14-32-15-13-30;/h4-10,16H,3,11-15,17-19H2,1-2H3,(H,27,31)(H2,26,28,29);1H. The highest BCUT2D eigenvalue weighted by Crippen LogP contribution is 2.13. The second kappa shape index (κ2) is 14.9. The number of nitrogens with zero attached hydrogens (tertiary/aromatic N) is 2. The molecule has 0 spiro atoms. The number of nitrogens with one attached hydrogen (secondary N) is 3. The lowest BCUT2D eigenvalue weighted by atomic mass is 10.1. The van der Waals surface area contributed by atoms with Crippen LogP contribution in [-0.2, 0) is 24.4 Å². The van der Waals surface area contributed by atoms with Crippen LogP contribution in [0.25, 0.3) is 0 Å². The summed E-state index contributed by atoms with van der Waals surface area (Å²) >= 11 is 0. The summed E-state index contributed by atoms with van der Waals surface area (Å²) in [5, 5.41) is 9.68. The number of carbonyl (C=O) groups excluding carboxylic acids is 1. The van der Waals surface area contributed by atoms with Crippen molar-refractivity contribution in [3.63, 3.8) is 0 Å². The maximum absolute atomic E-state index is 12.2. The molecule has 0 atom stereocenters. The van der Waals surface area contributed by atoms with Gasteiger partial charge in [0.25, 0.3) is 5.91 Å². The Kier molecular flexibility index (Phi) is 12.2. The number of morpholine rings is 1. The number of guanidine groups is 1. The average molecular weight is 566 g/mol. The van der Waals surface area contributed by atoms with E-state index in [1.54, 1.807) is 7.05 Å². The van der Waals surface area contributed by atoms with Crippen molar-refractivity contribution in [3.8, 4) is 0 Å². The molecule has 1 heterocycles. The summed E-state index contributed by atoms with van der Waals surface area (Å²) in [5.74, 6) is 0.695. The minimum Gasteiger partial charge on any atom is -0.379 e. The third-order valence-corrected chi connectivity index (χ3v) is 5.47. The quantitative estimate of drug-likeness (QED) is 0.248. The number of halogens is 1. The molecule has 2 aromatic rings. The first-order valence-corrected chi connectivity index (χ1v) is 11.4. The largest absolute Gasteiger partial charge is 0.379 e. The van der Waals surface area contributed by atoms with E-state index >= 15 is 0 Å². The van der Waals surface area contributed by atoms with Crippen molar-refractivity contribution >= 4 is 35.8 Å². The Morgan fingerprint density at radius 1 is 1.00 bits per heavy atom. The van der Waals surface area contributed by atoms with Crippen LogP contribution < -0.4 is 16.0 Å². The minimum absolute atomic E-state index is 0. The fourth-order valence-corrected chi connectivity index (χ4v) is 3.63. The summed E-state index contributed by atoms with van der Waals surface area (Å²) in [7, 11) is 1.77. The molecule has 0 unspecified atom stereocenters. The Morgan fingerprint density at radius 3 is 2.45 bits per heavy atom. The number of aliphatic imine (C=N–C) groups is 1. The molecule has 33 heavy (non-hydrogen) atoms. The van der Waals surface area contributed by atoms with Gasteiger partial charge < -0.3 is 20.7 Å². The van der Waals surface area contributed by atoms with Gasteiger partial charge in [0.2, 0.25) is 0 Å². The molecule has 1 aliphatic rings. The molecule has 3 rings (SSSR count). The zero-order valence-electron chi connectivity index (χ0n) is 19.6. The van der Waals surface area contributed by atoms with Gasteiger partial charge in [0.1, 0.15) is 0 Å². The van der Waals surface area contributed by atoms with Crippen molar-refractivity contribution in [3.05, 3.63) is 70.8 Å². The van der Waals surface area contributed by atoms with Crippen LogP contribution in [-0.4, -0.2) is 56.7 Å². The molecule has 8 heteroatoms. The van der Waals surface area contributed by atoms with Gasteiger partial charge in [-0.25, -0.2) is 0 Å². The van der Waals surface area contributed by atoms with E-state index in [0.717, 1.165) is 50.8 Å². The van der Waals surface area contributed by atoms with E-state index in [1.807, 2.05) is 31.2 Å². The van der Waals surface area contributed by atoms with Gasteiger partial charge in [-0.3, -0.25) is 14.7 Å². The van der Waals surface area contributed by atoms with E-state index < -0.39 is 0 Å². The lowest BCUT2D eigenvalue weighted by Crippen LogP contribution is -2.37. The predicted octanol–water partition coefficient (Wildman–Crippen LogP) is 3.14. The van der Waals surface area contributed by atoms with Crippen LogP contribution in [0.5, 0.6) is 0 Å². The second-order valence-corrected chi connectivity index (χ2v) is 7.89. The minimum atomic E-state index is -0.0342. The Morgan fingerprint density at radius 2 is 1.73 bits per heavy atom. The van der Waals surface area contributed by atoms with E-state index in [1.165, 1.54) is 11.1 Å². The summed E-state index contributed by atoms with van der Waals surface area (Å²) < 4.78 is 5.46. The maximum atomic E-state index is 12.2. The Bertz CT molecular complexity index is 900. The van der Waals surface area contributed by atoms with Crippen LogP contribution in [0.1, 0.15) is 40.4 Å². The highest BCUT2D eigenvalue weighted by atomic mass is 127. The number of benzene rings is 2. The molecule has 1 aliphatic heterocycles. The normalized spacial score (nSPS) is 14.3. The molecular formula is C25H36IN5O2. The molecule has 180 valence electrons. The Balaban J connectivity index is 0.00000385. The first-order chi connectivity index (χ1) is 15.7. The molecule has 0 saturated carbocycles. The molecule has 0 aliphatic carbocycles. The molecular weight excluding hydrogens is 529 g/mol. The summed E-state index contributed by atoms with van der Waals surface area (Å²) in [6.45, 7) is 8.49. The van der Waals surface area contributed by atoms with Gasteiger partial charge in [0.15, 0.2) is 5.96 Å². The van der Waals surface area contributed by atoms with E-state index in [-0.39, 0.29) is 29.9 Å². The van der Waals surface area contributed by atoms with E-state index in [0.29, 0.717) is 25.2 Å². The van der Waals surface area contributed by atoms with Gasteiger partial charge in [0.05, 0.1) is 13.2 Å². The highest BCUT2D eigenvalue weighted by Gasteiger charge is 2.13. The summed E-state index contributed by atoms with van der Waals surface area (Å²) in [6, 6.07) is 16.2.